The van der Waals surface area contributed by atoms with E-state index >= 15 is 0 Å². The first kappa shape index (κ1) is 18.1. The Morgan fingerprint density at radius 3 is 2.54 bits per heavy atom. The Labute approximate surface area is 139 Å². The standard InChI is InChI=1S/C15H18FN3O4S/c1-3-8-19(10-15(20)17-14-9-11(2)23-18-14)24(21,22)13-6-4-12(16)5-7-13/h4-7,9H,3,8,10H2,1-2H3,(H,17,18,20). The van der Waals surface area contributed by atoms with Gasteiger partial charge in [0.2, 0.25) is 15.9 Å². The van der Waals surface area contributed by atoms with E-state index in [0.29, 0.717) is 12.2 Å². The molecule has 1 amide bonds. The molecule has 0 aliphatic heterocycles. The average Bonchev–Trinajstić information content (AvgIpc) is 2.92. The van der Waals surface area contributed by atoms with Gasteiger partial charge in [-0.2, -0.15) is 4.31 Å². The van der Waals surface area contributed by atoms with Gasteiger partial charge in [0.25, 0.3) is 0 Å². The van der Waals surface area contributed by atoms with E-state index < -0.39 is 21.7 Å². The zero-order valence-corrected chi connectivity index (χ0v) is 14.1. The first-order valence-electron chi connectivity index (χ1n) is 7.32. The summed E-state index contributed by atoms with van der Waals surface area (Å²) in [5.74, 6) is -0.333. The van der Waals surface area contributed by atoms with Crippen LogP contribution in [-0.4, -0.2) is 36.9 Å². The molecular weight excluding hydrogens is 337 g/mol. The van der Waals surface area contributed by atoms with Crippen LogP contribution >= 0.6 is 0 Å². The van der Waals surface area contributed by atoms with Crippen molar-refractivity contribution >= 4 is 21.7 Å². The van der Waals surface area contributed by atoms with E-state index in [4.69, 9.17) is 4.52 Å². The van der Waals surface area contributed by atoms with E-state index in [-0.39, 0.29) is 23.8 Å². The van der Waals surface area contributed by atoms with Gasteiger partial charge < -0.3 is 9.84 Å². The van der Waals surface area contributed by atoms with Crippen molar-refractivity contribution in [3.63, 3.8) is 0 Å². The molecule has 0 aliphatic carbocycles. The number of benzene rings is 1. The van der Waals surface area contributed by atoms with Gasteiger partial charge in [0, 0.05) is 12.6 Å². The number of nitrogens with one attached hydrogen (secondary N) is 1. The van der Waals surface area contributed by atoms with E-state index in [1.165, 1.54) is 18.2 Å². The lowest BCUT2D eigenvalue weighted by atomic mass is 10.4. The quantitative estimate of drug-likeness (QED) is 0.822. The fourth-order valence-electron chi connectivity index (χ4n) is 2.06. The lowest BCUT2D eigenvalue weighted by Crippen LogP contribution is -2.38. The smallest absolute Gasteiger partial charge is 0.243 e. The SMILES string of the molecule is CCCN(CC(=O)Nc1cc(C)on1)S(=O)(=O)c1ccc(F)cc1. The molecule has 1 N–H and O–H groups in total. The second-order valence-corrected chi connectivity index (χ2v) is 7.10. The fraction of sp³-hybridized carbons (Fsp3) is 0.333. The molecule has 0 radical (unpaired) electrons. The molecule has 0 atom stereocenters. The number of hydrogen-bond acceptors (Lipinski definition) is 5. The Bertz CT molecular complexity index is 802. The van der Waals surface area contributed by atoms with Gasteiger partial charge in [-0.3, -0.25) is 4.79 Å². The maximum atomic E-state index is 13.0. The third-order valence-corrected chi connectivity index (χ3v) is 5.00. The summed E-state index contributed by atoms with van der Waals surface area (Å²) in [5, 5.41) is 6.10. The van der Waals surface area contributed by atoms with Gasteiger partial charge in [-0.05, 0) is 37.6 Å². The van der Waals surface area contributed by atoms with Crippen LogP contribution in [0.4, 0.5) is 10.2 Å². The Kier molecular flexibility index (Phi) is 5.68. The minimum atomic E-state index is -3.90. The van der Waals surface area contributed by atoms with Gasteiger partial charge in [-0.1, -0.05) is 12.1 Å². The van der Waals surface area contributed by atoms with Crippen molar-refractivity contribution in [2.45, 2.75) is 25.2 Å². The Morgan fingerprint density at radius 2 is 2.00 bits per heavy atom. The van der Waals surface area contributed by atoms with Gasteiger partial charge in [-0.15, -0.1) is 0 Å². The summed E-state index contributed by atoms with van der Waals surface area (Å²) in [6.45, 7) is 3.25. The summed E-state index contributed by atoms with van der Waals surface area (Å²) >= 11 is 0. The molecule has 0 spiro atoms. The van der Waals surface area contributed by atoms with Crippen LogP contribution in [0.3, 0.4) is 0 Å². The largest absolute Gasteiger partial charge is 0.360 e. The van der Waals surface area contributed by atoms with Crippen LogP contribution < -0.4 is 5.32 Å². The third-order valence-electron chi connectivity index (χ3n) is 3.14. The van der Waals surface area contributed by atoms with E-state index in [1.807, 2.05) is 0 Å². The van der Waals surface area contributed by atoms with Crippen LogP contribution in [0.1, 0.15) is 19.1 Å². The van der Waals surface area contributed by atoms with Gasteiger partial charge in [0.1, 0.15) is 11.6 Å². The number of aryl methyl sites for hydroxylation is 1. The van der Waals surface area contributed by atoms with E-state index in [9.17, 15) is 17.6 Å². The molecule has 130 valence electrons. The number of carbonyl (C=O) groups is 1. The molecule has 0 unspecified atom stereocenters. The molecule has 2 aromatic rings. The maximum absolute atomic E-state index is 13.0. The van der Waals surface area contributed by atoms with Crippen LogP contribution in [0.5, 0.6) is 0 Å². The number of sulfonamides is 1. The molecule has 1 aromatic heterocycles. The first-order chi connectivity index (χ1) is 11.3. The molecule has 1 aromatic carbocycles. The van der Waals surface area contributed by atoms with Gasteiger partial charge >= 0.3 is 0 Å². The van der Waals surface area contributed by atoms with Crippen LogP contribution in [0.2, 0.25) is 0 Å². The Morgan fingerprint density at radius 1 is 1.33 bits per heavy atom. The molecular formula is C15H18FN3O4S. The Hall–Kier alpha value is -2.26. The van der Waals surface area contributed by atoms with Gasteiger partial charge in [-0.25, -0.2) is 12.8 Å². The zero-order valence-electron chi connectivity index (χ0n) is 13.3. The monoisotopic (exact) mass is 355 g/mol. The highest BCUT2D eigenvalue weighted by Gasteiger charge is 2.26. The highest BCUT2D eigenvalue weighted by molar-refractivity contribution is 7.89. The average molecular weight is 355 g/mol. The molecule has 0 saturated heterocycles. The highest BCUT2D eigenvalue weighted by Crippen LogP contribution is 2.17. The highest BCUT2D eigenvalue weighted by atomic mass is 32.2. The molecule has 1 heterocycles. The van der Waals surface area contributed by atoms with E-state index in [2.05, 4.69) is 10.5 Å². The molecule has 0 fully saturated rings. The summed E-state index contributed by atoms with van der Waals surface area (Å²) in [6, 6.07) is 6.00. The van der Waals surface area contributed by atoms with Crippen molar-refractivity contribution in [2.24, 2.45) is 0 Å². The molecule has 0 bridgehead atoms. The van der Waals surface area contributed by atoms with Gasteiger partial charge in [0.05, 0.1) is 11.4 Å². The van der Waals surface area contributed by atoms with Crippen LogP contribution in [0.25, 0.3) is 0 Å². The number of anilines is 1. The second-order valence-electron chi connectivity index (χ2n) is 5.16. The number of nitrogens with zero attached hydrogens (tertiary/aromatic N) is 2. The molecule has 24 heavy (non-hydrogen) atoms. The number of amides is 1. The third kappa shape index (κ3) is 4.39. The number of aromatic nitrogens is 1. The zero-order chi connectivity index (χ0) is 17.7. The summed E-state index contributed by atoms with van der Waals surface area (Å²) in [7, 11) is -3.90. The second kappa shape index (κ2) is 7.54. The number of hydrogen-bond donors (Lipinski definition) is 1. The summed E-state index contributed by atoms with van der Waals surface area (Å²) in [5.41, 5.74) is 0. The van der Waals surface area contributed by atoms with E-state index in [0.717, 1.165) is 16.4 Å². The van der Waals surface area contributed by atoms with Crippen molar-refractivity contribution in [3.8, 4) is 0 Å². The first-order valence-corrected chi connectivity index (χ1v) is 8.76. The maximum Gasteiger partial charge on any atom is 0.243 e. The van der Waals surface area contributed by atoms with Crippen molar-refractivity contribution in [1.82, 2.24) is 9.46 Å². The van der Waals surface area contributed by atoms with E-state index in [1.54, 1.807) is 13.8 Å². The molecule has 9 heteroatoms. The van der Waals surface area contributed by atoms with Crippen molar-refractivity contribution < 1.29 is 22.1 Å². The molecule has 2 rings (SSSR count). The number of carbonyl (C=O) groups excluding carboxylic acids is 1. The molecule has 0 aliphatic rings. The summed E-state index contributed by atoms with van der Waals surface area (Å²) in [6.07, 6.45) is 0.525. The number of rotatable bonds is 7. The normalized spacial score (nSPS) is 11.7. The number of halogens is 1. The van der Waals surface area contributed by atoms with Crippen LogP contribution in [-0.2, 0) is 14.8 Å². The minimum Gasteiger partial charge on any atom is -0.360 e. The predicted molar refractivity (Wildman–Crippen MR) is 85.3 cm³/mol. The van der Waals surface area contributed by atoms with Gasteiger partial charge in [0.15, 0.2) is 5.82 Å². The predicted octanol–water partition coefficient (Wildman–Crippen LogP) is 2.16. The summed E-state index contributed by atoms with van der Waals surface area (Å²) < 4.78 is 44.1. The van der Waals surface area contributed by atoms with Crippen molar-refractivity contribution in [1.29, 1.82) is 0 Å². The minimum absolute atomic E-state index is 0.0672. The lowest BCUT2D eigenvalue weighted by Gasteiger charge is -2.20. The lowest BCUT2D eigenvalue weighted by molar-refractivity contribution is -0.116. The fourth-order valence-corrected chi connectivity index (χ4v) is 3.55. The molecule has 0 saturated carbocycles. The van der Waals surface area contributed by atoms with Crippen molar-refractivity contribution in [3.05, 3.63) is 41.9 Å². The Balaban J connectivity index is 2.15. The van der Waals surface area contributed by atoms with Crippen LogP contribution in [0.15, 0.2) is 39.8 Å². The molecule has 7 nitrogen and oxygen atoms in total. The summed E-state index contributed by atoms with van der Waals surface area (Å²) in [4.78, 5) is 12.0. The van der Waals surface area contributed by atoms with Crippen LogP contribution in [0, 0.1) is 12.7 Å². The topological polar surface area (TPSA) is 92.5 Å². The van der Waals surface area contributed by atoms with Crippen molar-refractivity contribution in [2.75, 3.05) is 18.4 Å².